The predicted molar refractivity (Wildman–Crippen MR) is 139 cm³/mol. The molecule has 0 saturated carbocycles. The van der Waals surface area contributed by atoms with Gasteiger partial charge in [0.1, 0.15) is 5.75 Å². The van der Waals surface area contributed by atoms with Gasteiger partial charge in [-0.05, 0) is 67.6 Å². The van der Waals surface area contributed by atoms with Gasteiger partial charge in [0.2, 0.25) is 11.8 Å². The minimum absolute atomic E-state index is 0.114. The van der Waals surface area contributed by atoms with Gasteiger partial charge in [-0.25, -0.2) is 0 Å². The fraction of sp³-hybridized carbons (Fsp3) is 0.500. The molecule has 0 N–H and O–H groups in total. The van der Waals surface area contributed by atoms with Crippen LogP contribution in [0.25, 0.3) is 0 Å². The molecule has 2 fully saturated rings. The molecule has 35 heavy (non-hydrogen) atoms. The first kappa shape index (κ1) is 25.5. The minimum atomic E-state index is -0.226. The summed E-state index contributed by atoms with van der Waals surface area (Å²) in [5.41, 5.74) is 2.06. The van der Waals surface area contributed by atoms with E-state index in [0.29, 0.717) is 29.9 Å². The lowest BCUT2D eigenvalue weighted by atomic mass is 9.93. The summed E-state index contributed by atoms with van der Waals surface area (Å²) in [6.07, 6.45) is 4.49. The Morgan fingerprint density at radius 1 is 1.09 bits per heavy atom. The van der Waals surface area contributed by atoms with Crippen molar-refractivity contribution in [2.24, 2.45) is 0 Å². The fourth-order valence-electron chi connectivity index (χ4n) is 5.30. The number of hydrogen-bond donors (Lipinski definition) is 0. The van der Waals surface area contributed by atoms with E-state index < -0.39 is 0 Å². The molecule has 7 heteroatoms. The van der Waals surface area contributed by atoms with Gasteiger partial charge in [0, 0.05) is 50.7 Å². The van der Waals surface area contributed by atoms with Gasteiger partial charge in [0.15, 0.2) is 0 Å². The topological polar surface area (TPSA) is 53.1 Å². The van der Waals surface area contributed by atoms with Gasteiger partial charge in [-0.15, -0.1) is 0 Å². The smallest absolute Gasteiger partial charge is 0.230 e. The zero-order valence-corrected chi connectivity index (χ0v) is 21.5. The van der Waals surface area contributed by atoms with E-state index in [9.17, 15) is 9.59 Å². The summed E-state index contributed by atoms with van der Waals surface area (Å²) in [7, 11) is 3.52. The summed E-state index contributed by atoms with van der Waals surface area (Å²) in [4.78, 5) is 32.1. The maximum Gasteiger partial charge on any atom is 0.230 e. The molecule has 2 amide bonds. The van der Waals surface area contributed by atoms with Crippen LogP contribution in [0.5, 0.6) is 5.75 Å². The van der Waals surface area contributed by atoms with Gasteiger partial charge >= 0.3 is 0 Å². The lowest BCUT2D eigenvalue weighted by Gasteiger charge is -2.37. The summed E-state index contributed by atoms with van der Waals surface area (Å²) >= 11 is 6.02. The molecule has 0 radical (unpaired) electrons. The highest BCUT2D eigenvalue weighted by Gasteiger charge is 2.31. The molecule has 0 spiro atoms. The number of nitrogens with zero attached hydrogens (tertiary/aromatic N) is 3. The predicted octanol–water partition coefficient (Wildman–Crippen LogP) is 4.57. The van der Waals surface area contributed by atoms with Crippen LogP contribution >= 0.6 is 11.6 Å². The quantitative estimate of drug-likeness (QED) is 0.509. The van der Waals surface area contributed by atoms with Gasteiger partial charge in [-0.2, -0.15) is 0 Å². The van der Waals surface area contributed by atoms with E-state index in [1.54, 1.807) is 7.11 Å². The van der Waals surface area contributed by atoms with Gasteiger partial charge in [-0.1, -0.05) is 35.9 Å². The highest BCUT2D eigenvalue weighted by Crippen LogP contribution is 2.27. The molecular formula is C28H36ClN3O3. The molecule has 2 aromatic rings. The Bertz CT molecular complexity index is 988. The SMILES string of the molecule is COc1ccc(C(CCN2CCC(N3CCCC3=O)CC2)C(=O)N(C)Cc2ccc(Cl)cc2)cc1. The van der Waals surface area contributed by atoms with Crippen LogP contribution in [0.2, 0.25) is 5.02 Å². The summed E-state index contributed by atoms with van der Waals surface area (Å²) in [6, 6.07) is 15.9. The lowest BCUT2D eigenvalue weighted by Crippen LogP contribution is -2.46. The second-order valence-corrected chi connectivity index (χ2v) is 10.1. The number of hydrogen-bond acceptors (Lipinski definition) is 4. The molecule has 2 aliphatic rings. The fourth-order valence-corrected chi connectivity index (χ4v) is 5.42. The standard InChI is InChI=1S/C28H36ClN3O3/c1-30(20-21-5-9-23(29)10-6-21)28(34)26(22-7-11-25(35-2)12-8-22)15-19-31-17-13-24(14-18-31)32-16-3-4-27(32)33/h5-12,24,26H,3-4,13-20H2,1-2H3. The average molecular weight is 498 g/mol. The first-order chi connectivity index (χ1) is 16.9. The van der Waals surface area contributed by atoms with E-state index in [1.807, 2.05) is 60.5 Å². The maximum absolute atomic E-state index is 13.6. The third kappa shape index (κ3) is 6.56. The van der Waals surface area contributed by atoms with E-state index in [-0.39, 0.29) is 11.8 Å². The Morgan fingerprint density at radius 3 is 2.37 bits per heavy atom. The van der Waals surface area contributed by atoms with E-state index in [1.165, 1.54) is 0 Å². The van der Waals surface area contributed by atoms with Crippen molar-refractivity contribution in [1.29, 1.82) is 0 Å². The van der Waals surface area contributed by atoms with E-state index in [0.717, 1.165) is 68.7 Å². The monoisotopic (exact) mass is 497 g/mol. The van der Waals surface area contributed by atoms with Crippen molar-refractivity contribution in [1.82, 2.24) is 14.7 Å². The van der Waals surface area contributed by atoms with Crippen LogP contribution in [0.1, 0.15) is 49.1 Å². The van der Waals surface area contributed by atoms with Crippen LogP contribution in [0.3, 0.4) is 0 Å². The highest BCUT2D eigenvalue weighted by molar-refractivity contribution is 6.30. The number of rotatable bonds is 9. The van der Waals surface area contributed by atoms with Crippen LogP contribution in [-0.4, -0.2) is 72.9 Å². The van der Waals surface area contributed by atoms with E-state index in [2.05, 4.69) is 9.80 Å². The Morgan fingerprint density at radius 2 is 1.77 bits per heavy atom. The summed E-state index contributed by atoms with van der Waals surface area (Å²) in [5, 5.41) is 0.691. The van der Waals surface area contributed by atoms with Gasteiger partial charge in [-0.3, -0.25) is 9.59 Å². The van der Waals surface area contributed by atoms with Gasteiger partial charge in [0.25, 0.3) is 0 Å². The van der Waals surface area contributed by atoms with Crippen molar-refractivity contribution >= 4 is 23.4 Å². The highest BCUT2D eigenvalue weighted by atomic mass is 35.5. The number of likely N-dealkylation sites (N-methyl/N-ethyl adjacent to an activating group) is 1. The average Bonchev–Trinajstić information content (AvgIpc) is 3.32. The summed E-state index contributed by atoms with van der Waals surface area (Å²) in [5.74, 6) is 0.990. The minimum Gasteiger partial charge on any atom is -0.497 e. The number of ether oxygens (including phenoxy) is 1. The van der Waals surface area contributed by atoms with Crippen molar-refractivity contribution in [2.45, 2.75) is 50.6 Å². The molecule has 0 aliphatic carbocycles. The molecule has 6 nitrogen and oxygen atoms in total. The second-order valence-electron chi connectivity index (χ2n) is 9.70. The lowest BCUT2D eigenvalue weighted by molar-refractivity contribution is -0.133. The number of piperidine rings is 1. The molecule has 0 aromatic heterocycles. The van der Waals surface area contributed by atoms with E-state index >= 15 is 0 Å². The third-order valence-corrected chi connectivity index (χ3v) is 7.62. The van der Waals surface area contributed by atoms with Crippen molar-refractivity contribution < 1.29 is 14.3 Å². The van der Waals surface area contributed by atoms with Crippen LogP contribution in [0.4, 0.5) is 0 Å². The van der Waals surface area contributed by atoms with Crippen LogP contribution in [0.15, 0.2) is 48.5 Å². The molecule has 0 bridgehead atoms. The molecule has 188 valence electrons. The molecule has 2 aromatic carbocycles. The van der Waals surface area contributed by atoms with Crippen LogP contribution < -0.4 is 4.74 Å². The zero-order chi connectivity index (χ0) is 24.8. The van der Waals surface area contributed by atoms with Crippen LogP contribution in [0, 0.1) is 0 Å². The number of halogens is 1. The van der Waals surface area contributed by atoms with Crippen LogP contribution in [-0.2, 0) is 16.1 Å². The first-order valence-electron chi connectivity index (χ1n) is 12.6. The Kier molecular flexibility index (Phi) is 8.69. The van der Waals surface area contributed by atoms with Gasteiger partial charge in [0.05, 0.1) is 13.0 Å². The Hall–Kier alpha value is -2.57. The number of carbonyl (C=O) groups excluding carboxylic acids is 2. The number of benzene rings is 2. The number of carbonyl (C=O) groups is 2. The third-order valence-electron chi connectivity index (χ3n) is 7.37. The molecule has 2 heterocycles. The summed E-state index contributed by atoms with van der Waals surface area (Å²) < 4.78 is 5.32. The van der Waals surface area contributed by atoms with Gasteiger partial charge < -0.3 is 19.4 Å². The summed E-state index contributed by atoms with van der Waals surface area (Å²) in [6.45, 7) is 4.25. The number of methoxy groups -OCH3 is 1. The molecular weight excluding hydrogens is 462 g/mol. The Labute approximate surface area is 213 Å². The largest absolute Gasteiger partial charge is 0.497 e. The molecule has 1 unspecified atom stereocenters. The zero-order valence-electron chi connectivity index (χ0n) is 20.8. The van der Waals surface area contributed by atoms with E-state index in [4.69, 9.17) is 16.3 Å². The van der Waals surface area contributed by atoms with Crippen molar-refractivity contribution in [3.8, 4) is 5.75 Å². The molecule has 2 saturated heterocycles. The maximum atomic E-state index is 13.6. The Balaban J connectivity index is 1.39. The molecule has 2 aliphatic heterocycles. The number of amides is 2. The number of likely N-dealkylation sites (tertiary alicyclic amines) is 2. The molecule has 4 rings (SSSR count). The van der Waals surface area contributed by atoms with Crippen molar-refractivity contribution in [3.63, 3.8) is 0 Å². The van der Waals surface area contributed by atoms with Crippen molar-refractivity contribution in [2.75, 3.05) is 40.3 Å². The normalized spacial score (nSPS) is 18.0. The molecule has 1 atom stereocenters. The first-order valence-corrected chi connectivity index (χ1v) is 13.0. The van der Waals surface area contributed by atoms with Crippen molar-refractivity contribution in [3.05, 3.63) is 64.7 Å². The second kappa shape index (κ2) is 11.9.